The molecule has 0 heterocycles. The van der Waals surface area contributed by atoms with E-state index in [4.69, 9.17) is 10.5 Å². The lowest BCUT2D eigenvalue weighted by molar-refractivity contribution is 0.406. The standard InChI is InChI=1S/C16H25NOS/c1-11-8-12(2)16(15(9-11)18-3)14(17)10-19-13-6-4-5-7-13/h8-9,13-14H,4-7,10,17H2,1-3H3. The Balaban J connectivity index is 2.06. The molecular formula is C16H25NOS. The van der Waals surface area contributed by atoms with Crippen molar-refractivity contribution in [3.63, 3.8) is 0 Å². The summed E-state index contributed by atoms with van der Waals surface area (Å²) in [6.07, 6.45) is 5.50. The number of thioether (sulfide) groups is 1. The zero-order valence-electron chi connectivity index (χ0n) is 12.2. The Labute approximate surface area is 121 Å². The number of nitrogens with two attached hydrogens (primary N) is 1. The molecule has 1 aromatic carbocycles. The SMILES string of the molecule is COc1cc(C)cc(C)c1C(N)CSC1CCCC1. The number of hydrogen-bond acceptors (Lipinski definition) is 3. The van der Waals surface area contributed by atoms with Crippen LogP contribution in [0.4, 0.5) is 0 Å². The number of methoxy groups -OCH3 is 1. The fourth-order valence-electron chi connectivity index (χ4n) is 2.96. The molecule has 0 amide bonds. The van der Waals surface area contributed by atoms with E-state index in [2.05, 4.69) is 26.0 Å². The molecule has 0 spiro atoms. The molecule has 1 aromatic rings. The van der Waals surface area contributed by atoms with E-state index in [0.29, 0.717) is 0 Å². The van der Waals surface area contributed by atoms with Gasteiger partial charge in [0.15, 0.2) is 0 Å². The first kappa shape index (κ1) is 14.7. The largest absolute Gasteiger partial charge is 0.496 e. The summed E-state index contributed by atoms with van der Waals surface area (Å²) in [4.78, 5) is 0. The fourth-order valence-corrected chi connectivity index (χ4v) is 4.27. The number of benzene rings is 1. The maximum absolute atomic E-state index is 6.40. The van der Waals surface area contributed by atoms with Gasteiger partial charge in [-0.3, -0.25) is 0 Å². The van der Waals surface area contributed by atoms with Gasteiger partial charge in [-0.2, -0.15) is 11.8 Å². The third-order valence-electron chi connectivity index (χ3n) is 3.90. The molecule has 0 radical (unpaired) electrons. The van der Waals surface area contributed by atoms with Crippen LogP contribution in [0.5, 0.6) is 5.75 Å². The molecule has 106 valence electrons. The smallest absolute Gasteiger partial charge is 0.124 e. The van der Waals surface area contributed by atoms with Crippen molar-refractivity contribution < 1.29 is 4.74 Å². The van der Waals surface area contributed by atoms with Crippen LogP contribution in [0, 0.1) is 13.8 Å². The van der Waals surface area contributed by atoms with Crippen LogP contribution in [0.3, 0.4) is 0 Å². The minimum atomic E-state index is 0.0705. The third kappa shape index (κ3) is 3.67. The average molecular weight is 279 g/mol. The first-order valence-electron chi connectivity index (χ1n) is 7.14. The zero-order valence-corrected chi connectivity index (χ0v) is 13.1. The van der Waals surface area contributed by atoms with Crippen LogP contribution < -0.4 is 10.5 Å². The van der Waals surface area contributed by atoms with Crippen LogP contribution in [0.15, 0.2) is 12.1 Å². The van der Waals surface area contributed by atoms with Crippen molar-refractivity contribution in [1.29, 1.82) is 0 Å². The van der Waals surface area contributed by atoms with Crippen LogP contribution in [0.2, 0.25) is 0 Å². The summed E-state index contributed by atoms with van der Waals surface area (Å²) < 4.78 is 5.51. The van der Waals surface area contributed by atoms with Gasteiger partial charge >= 0.3 is 0 Å². The minimum absolute atomic E-state index is 0.0705. The summed E-state index contributed by atoms with van der Waals surface area (Å²) >= 11 is 2.04. The highest BCUT2D eigenvalue weighted by Gasteiger charge is 2.20. The van der Waals surface area contributed by atoms with Crippen LogP contribution in [-0.4, -0.2) is 18.1 Å². The van der Waals surface area contributed by atoms with Crippen LogP contribution in [0.25, 0.3) is 0 Å². The lowest BCUT2D eigenvalue weighted by atomic mass is 9.99. The molecule has 1 aliphatic carbocycles. The van der Waals surface area contributed by atoms with Crippen molar-refractivity contribution in [3.05, 3.63) is 28.8 Å². The maximum atomic E-state index is 6.40. The van der Waals surface area contributed by atoms with Crippen LogP contribution in [0.1, 0.15) is 48.4 Å². The first-order valence-corrected chi connectivity index (χ1v) is 8.19. The van der Waals surface area contributed by atoms with E-state index in [1.807, 2.05) is 11.8 Å². The van der Waals surface area contributed by atoms with Crippen molar-refractivity contribution in [2.45, 2.75) is 50.8 Å². The van der Waals surface area contributed by atoms with Gasteiger partial charge in [0.05, 0.1) is 7.11 Å². The zero-order chi connectivity index (χ0) is 13.8. The van der Waals surface area contributed by atoms with Crippen molar-refractivity contribution >= 4 is 11.8 Å². The molecule has 1 unspecified atom stereocenters. The van der Waals surface area contributed by atoms with Gasteiger partial charge in [-0.15, -0.1) is 0 Å². The second kappa shape index (κ2) is 6.67. The molecule has 0 aliphatic heterocycles. The summed E-state index contributed by atoms with van der Waals surface area (Å²) in [5.74, 6) is 1.93. The molecule has 0 bridgehead atoms. The van der Waals surface area contributed by atoms with Crippen molar-refractivity contribution in [1.82, 2.24) is 0 Å². The number of ether oxygens (including phenoxy) is 1. The van der Waals surface area contributed by atoms with Crippen molar-refractivity contribution in [2.24, 2.45) is 5.73 Å². The Kier molecular flexibility index (Phi) is 5.17. The quantitative estimate of drug-likeness (QED) is 0.885. The molecule has 19 heavy (non-hydrogen) atoms. The van der Waals surface area contributed by atoms with Gasteiger partial charge < -0.3 is 10.5 Å². The summed E-state index contributed by atoms with van der Waals surface area (Å²) in [5, 5.41) is 0.822. The molecular weight excluding hydrogens is 254 g/mol. The van der Waals surface area contributed by atoms with Gasteiger partial charge in [0, 0.05) is 22.6 Å². The molecule has 2 rings (SSSR count). The molecule has 1 saturated carbocycles. The van der Waals surface area contributed by atoms with E-state index in [1.54, 1.807) is 7.11 Å². The maximum Gasteiger partial charge on any atom is 0.124 e. The summed E-state index contributed by atoms with van der Waals surface area (Å²) in [7, 11) is 1.73. The van der Waals surface area contributed by atoms with Gasteiger partial charge in [0.2, 0.25) is 0 Å². The third-order valence-corrected chi connectivity index (χ3v) is 5.39. The highest BCUT2D eigenvalue weighted by atomic mass is 32.2. The number of rotatable bonds is 5. The predicted molar refractivity (Wildman–Crippen MR) is 84.1 cm³/mol. The predicted octanol–water partition coefficient (Wildman–Crippen LogP) is 3.99. The number of hydrogen-bond donors (Lipinski definition) is 1. The molecule has 2 nitrogen and oxygen atoms in total. The molecule has 1 fully saturated rings. The van der Waals surface area contributed by atoms with Crippen LogP contribution >= 0.6 is 11.8 Å². The highest BCUT2D eigenvalue weighted by molar-refractivity contribution is 7.99. The number of aryl methyl sites for hydroxylation is 2. The van der Waals surface area contributed by atoms with E-state index >= 15 is 0 Å². The summed E-state index contributed by atoms with van der Waals surface area (Å²) in [5.41, 5.74) is 10.1. The molecule has 0 aromatic heterocycles. The molecule has 0 saturated heterocycles. The lowest BCUT2D eigenvalue weighted by Crippen LogP contribution is -2.17. The molecule has 1 aliphatic rings. The van der Waals surface area contributed by atoms with E-state index in [0.717, 1.165) is 16.8 Å². The van der Waals surface area contributed by atoms with Gasteiger partial charge in [0.1, 0.15) is 5.75 Å². The molecule has 2 N–H and O–H groups in total. The Morgan fingerprint density at radius 3 is 2.63 bits per heavy atom. The monoisotopic (exact) mass is 279 g/mol. The van der Waals surface area contributed by atoms with Crippen molar-refractivity contribution in [2.75, 3.05) is 12.9 Å². The summed E-state index contributed by atoms with van der Waals surface area (Å²) in [6.45, 7) is 4.23. The van der Waals surface area contributed by atoms with Crippen molar-refractivity contribution in [3.8, 4) is 5.75 Å². The Hall–Kier alpha value is -0.670. The van der Waals surface area contributed by atoms with Crippen LogP contribution in [-0.2, 0) is 0 Å². The van der Waals surface area contributed by atoms with Gasteiger partial charge in [-0.1, -0.05) is 18.9 Å². The second-order valence-electron chi connectivity index (χ2n) is 5.54. The van der Waals surface area contributed by atoms with Gasteiger partial charge in [-0.25, -0.2) is 0 Å². The Morgan fingerprint density at radius 1 is 1.32 bits per heavy atom. The van der Waals surface area contributed by atoms with E-state index in [9.17, 15) is 0 Å². The lowest BCUT2D eigenvalue weighted by Gasteiger charge is -2.20. The van der Waals surface area contributed by atoms with E-state index < -0.39 is 0 Å². The Morgan fingerprint density at radius 2 is 2.00 bits per heavy atom. The average Bonchev–Trinajstić information content (AvgIpc) is 2.88. The molecule has 3 heteroatoms. The topological polar surface area (TPSA) is 35.2 Å². The van der Waals surface area contributed by atoms with E-state index in [-0.39, 0.29) is 6.04 Å². The first-order chi connectivity index (χ1) is 9.11. The highest BCUT2D eigenvalue weighted by Crippen LogP contribution is 2.35. The van der Waals surface area contributed by atoms with Gasteiger partial charge in [-0.05, 0) is 43.9 Å². The van der Waals surface area contributed by atoms with Gasteiger partial charge in [0.25, 0.3) is 0 Å². The Bertz CT molecular complexity index is 427. The summed E-state index contributed by atoms with van der Waals surface area (Å²) in [6, 6.07) is 4.35. The van der Waals surface area contributed by atoms with E-state index in [1.165, 1.54) is 42.4 Å². The fraction of sp³-hybridized carbons (Fsp3) is 0.625. The minimum Gasteiger partial charge on any atom is -0.496 e. The molecule has 1 atom stereocenters. The second-order valence-corrected chi connectivity index (χ2v) is 6.88. The normalized spacial score (nSPS) is 17.7.